The van der Waals surface area contributed by atoms with Gasteiger partial charge in [-0.25, -0.2) is 0 Å². The van der Waals surface area contributed by atoms with Gasteiger partial charge in [-0.05, 0) is 25.0 Å². The highest BCUT2D eigenvalue weighted by Crippen LogP contribution is 2.36. The van der Waals surface area contributed by atoms with Crippen LogP contribution in [0, 0.1) is 27.9 Å². The van der Waals surface area contributed by atoms with Gasteiger partial charge < -0.3 is 14.8 Å². The fraction of sp³-hybridized carbons (Fsp3) is 0.526. The number of nitro groups is 1. The summed E-state index contributed by atoms with van der Waals surface area (Å²) in [6, 6.07) is 6.85. The summed E-state index contributed by atoms with van der Waals surface area (Å²) in [7, 11) is 0. The quantitative estimate of drug-likeness (QED) is 0.387. The Bertz CT molecular complexity index is 750. The lowest BCUT2D eigenvalue weighted by atomic mass is 9.88. The van der Waals surface area contributed by atoms with E-state index in [1.807, 2.05) is 6.92 Å². The lowest BCUT2D eigenvalue weighted by Crippen LogP contribution is -2.28. The second kappa shape index (κ2) is 9.82. The van der Waals surface area contributed by atoms with E-state index in [2.05, 4.69) is 5.32 Å². The van der Waals surface area contributed by atoms with Crippen LogP contribution in [0.25, 0.3) is 0 Å². The molecule has 1 aliphatic carbocycles. The van der Waals surface area contributed by atoms with Gasteiger partial charge in [0.25, 0.3) is 5.91 Å². The first-order valence-corrected chi connectivity index (χ1v) is 9.13. The van der Waals surface area contributed by atoms with Gasteiger partial charge in [-0.1, -0.05) is 19.1 Å². The Hall–Kier alpha value is -2.97. The largest absolute Gasteiger partial charge is 0.492 e. The molecule has 0 heterocycles. The Morgan fingerprint density at radius 3 is 2.71 bits per heavy atom. The fourth-order valence-electron chi connectivity index (χ4n) is 3.42. The number of hydrogen-bond donors (Lipinski definition) is 1. The maximum atomic E-state index is 12.1. The number of nitrogens with zero attached hydrogens (tertiary/aromatic N) is 1. The molecule has 0 unspecified atom stereocenters. The number of amides is 1. The number of rotatable bonds is 9. The third kappa shape index (κ3) is 5.77. The minimum Gasteiger partial charge on any atom is -0.492 e. The van der Waals surface area contributed by atoms with Crippen LogP contribution in [0.3, 0.4) is 0 Å². The van der Waals surface area contributed by atoms with Crippen LogP contribution in [0.2, 0.25) is 0 Å². The number of carbonyl (C=O) groups is 3. The molecule has 2 rings (SSSR count). The number of para-hydroxylation sites is 2. The first kappa shape index (κ1) is 21.3. The summed E-state index contributed by atoms with van der Waals surface area (Å²) in [6.45, 7) is 3.13. The maximum Gasteiger partial charge on any atom is 0.307 e. The third-order valence-corrected chi connectivity index (χ3v) is 4.76. The summed E-state index contributed by atoms with van der Waals surface area (Å²) < 4.78 is 10.4. The van der Waals surface area contributed by atoms with Crippen molar-refractivity contribution in [2.75, 3.05) is 25.1 Å². The van der Waals surface area contributed by atoms with E-state index in [1.54, 1.807) is 31.2 Å². The van der Waals surface area contributed by atoms with E-state index in [0.29, 0.717) is 18.0 Å². The van der Waals surface area contributed by atoms with Gasteiger partial charge in [-0.2, -0.15) is 0 Å². The second-order valence-corrected chi connectivity index (χ2v) is 6.78. The summed E-state index contributed by atoms with van der Waals surface area (Å²) in [6.07, 6.45) is -0.0460. The number of anilines is 1. The Balaban J connectivity index is 1.87. The number of carbonyl (C=O) groups excluding carboxylic acids is 3. The summed E-state index contributed by atoms with van der Waals surface area (Å²) in [5.74, 6) is -2.35. The summed E-state index contributed by atoms with van der Waals surface area (Å²) in [4.78, 5) is 46.5. The number of esters is 1. The highest BCUT2D eigenvalue weighted by Gasteiger charge is 2.44. The lowest BCUT2D eigenvalue weighted by molar-refractivity contribution is -0.490. The van der Waals surface area contributed by atoms with E-state index < -0.39 is 35.2 Å². The molecular weight excluding hydrogens is 368 g/mol. The van der Waals surface area contributed by atoms with Crippen molar-refractivity contribution in [3.63, 3.8) is 0 Å². The Kier molecular flexibility index (Phi) is 7.48. The van der Waals surface area contributed by atoms with Crippen molar-refractivity contribution in [3.05, 3.63) is 34.4 Å². The average Bonchev–Trinajstić information content (AvgIpc) is 2.88. The molecule has 1 fully saturated rings. The minimum absolute atomic E-state index is 0.158. The van der Waals surface area contributed by atoms with Crippen molar-refractivity contribution < 1.29 is 28.8 Å². The van der Waals surface area contributed by atoms with Crippen LogP contribution in [0.15, 0.2) is 24.3 Å². The van der Waals surface area contributed by atoms with Gasteiger partial charge in [0.1, 0.15) is 11.5 Å². The molecule has 1 aromatic carbocycles. The molecule has 0 bridgehead atoms. The fourth-order valence-corrected chi connectivity index (χ4v) is 3.42. The molecule has 1 aromatic rings. The molecule has 1 amide bonds. The molecule has 9 nitrogen and oxygen atoms in total. The maximum absolute atomic E-state index is 12.1. The lowest BCUT2D eigenvalue weighted by Gasteiger charge is -2.17. The summed E-state index contributed by atoms with van der Waals surface area (Å²) in [5, 5.41) is 13.4. The third-order valence-electron chi connectivity index (χ3n) is 4.76. The zero-order chi connectivity index (χ0) is 20.7. The molecule has 28 heavy (non-hydrogen) atoms. The molecule has 1 saturated carbocycles. The standard InChI is InChI=1S/C19H24N2O7/c1-3-27-17-7-5-4-6-15(17)20-18(23)11-28-19(24)9-13-14(10-21(25)26)12(2)8-16(13)22/h4-7,12-14H,3,8-11H2,1-2H3,(H,20,23)/t12-,13-,14-/m1/s1. The van der Waals surface area contributed by atoms with Crippen LogP contribution in [0.5, 0.6) is 5.75 Å². The number of ether oxygens (including phenoxy) is 2. The van der Waals surface area contributed by atoms with Crippen LogP contribution in [-0.2, 0) is 19.1 Å². The smallest absolute Gasteiger partial charge is 0.307 e. The van der Waals surface area contributed by atoms with E-state index in [0.717, 1.165) is 0 Å². The first-order valence-electron chi connectivity index (χ1n) is 9.13. The van der Waals surface area contributed by atoms with Gasteiger partial charge in [0.2, 0.25) is 6.54 Å². The second-order valence-electron chi connectivity index (χ2n) is 6.78. The zero-order valence-electron chi connectivity index (χ0n) is 15.9. The molecule has 0 spiro atoms. The number of Topliss-reactive ketones (excluding diaryl/α,β-unsaturated/α-hetero) is 1. The molecule has 0 aliphatic heterocycles. The number of ketones is 1. The van der Waals surface area contributed by atoms with E-state index >= 15 is 0 Å². The zero-order valence-corrected chi connectivity index (χ0v) is 15.9. The normalized spacial score (nSPS) is 21.2. The van der Waals surface area contributed by atoms with Crippen molar-refractivity contribution >= 4 is 23.3 Å². The van der Waals surface area contributed by atoms with Crippen molar-refractivity contribution in [1.29, 1.82) is 0 Å². The molecule has 152 valence electrons. The monoisotopic (exact) mass is 392 g/mol. The molecular formula is C19H24N2O7. The van der Waals surface area contributed by atoms with Crippen LogP contribution >= 0.6 is 0 Å². The molecule has 3 atom stereocenters. The van der Waals surface area contributed by atoms with Gasteiger partial charge in [-0.3, -0.25) is 24.5 Å². The Morgan fingerprint density at radius 2 is 2.04 bits per heavy atom. The van der Waals surface area contributed by atoms with Crippen molar-refractivity contribution in [3.8, 4) is 5.75 Å². The number of nitrogens with one attached hydrogen (secondary N) is 1. The highest BCUT2D eigenvalue weighted by atomic mass is 16.6. The number of hydrogen-bond acceptors (Lipinski definition) is 7. The van der Waals surface area contributed by atoms with E-state index in [4.69, 9.17) is 9.47 Å². The predicted octanol–water partition coefficient (Wildman–Crippen LogP) is 2.08. The topological polar surface area (TPSA) is 125 Å². The van der Waals surface area contributed by atoms with Crippen LogP contribution < -0.4 is 10.1 Å². The van der Waals surface area contributed by atoms with Crippen LogP contribution in [0.1, 0.15) is 26.7 Å². The molecule has 9 heteroatoms. The minimum atomic E-state index is -0.741. The van der Waals surface area contributed by atoms with Gasteiger partial charge in [0.05, 0.1) is 18.7 Å². The van der Waals surface area contributed by atoms with Crippen molar-refractivity contribution in [2.24, 2.45) is 17.8 Å². The van der Waals surface area contributed by atoms with E-state index in [-0.39, 0.29) is 31.1 Å². The highest BCUT2D eigenvalue weighted by molar-refractivity contribution is 5.94. The molecule has 0 radical (unpaired) electrons. The average molecular weight is 392 g/mol. The van der Waals surface area contributed by atoms with Gasteiger partial charge >= 0.3 is 5.97 Å². The molecule has 1 N–H and O–H groups in total. The molecule has 0 aromatic heterocycles. The van der Waals surface area contributed by atoms with E-state index in [1.165, 1.54) is 0 Å². The predicted molar refractivity (Wildman–Crippen MR) is 99.4 cm³/mol. The van der Waals surface area contributed by atoms with Crippen LogP contribution in [-0.4, -0.2) is 42.3 Å². The van der Waals surface area contributed by atoms with E-state index in [9.17, 15) is 24.5 Å². The van der Waals surface area contributed by atoms with Gasteiger partial charge in [-0.15, -0.1) is 0 Å². The SMILES string of the molecule is CCOc1ccccc1NC(=O)COC(=O)C[C@H]1C(=O)C[C@@H](C)[C@H]1C[N+](=O)[O-]. The van der Waals surface area contributed by atoms with Gasteiger partial charge in [0.15, 0.2) is 6.61 Å². The first-order chi connectivity index (χ1) is 13.3. The summed E-state index contributed by atoms with van der Waals surface area (Å²) in [5.41, 5.74) is 0.455. The van der Waals surface area contributed by atoms with Crippen molar-refractivity contribution in [2.45, 2.75) is 26.7 Å². The Labute approximate surface area is 162 Å². The van der Waals surface area contributed by atoms with Crippen LogP contribution in [0.4, 0.5) is 5.69 Å². The molecule has 1 aliphatic rings. The molecule has 0 saturated heterocycles. The van der Waals surface area contributed by atoms with Crippen molar-refractivity contribution in [1.82, 2.24) is 0 Å². The van der Waals surface area contributed by atoms with Gasteiger partial charge in [0, 0.05) is 23.2 Å². The Morgan fingerprint density at radius 1 is 1.32 bits per heavy atom. The number of benzene rings is 1. The summed E-state index contributed by atoms with van der Waals surface area (Å²) >= 11 is 0.